The van der Waals surface area contributed by atoms with E-state index in [1.165, 1.54) is 31.2 Å². The van der Waals surface area contributed by atoms with E-state index in [4.69, 9.17) is 0 Å². The highest BCUT2D eigenvalue weighted by Gasteiger charge is 2.29. The first-order valence-corrected chi connectivity index (χ1v) is 7.13. The summed E-state index contributed by atoms with van der Waals surface area (Å²) in [6.07, 6.45) is -4.59. The Bertz CT molecular complexity index is 584. The average Bonchev–Trinajstić information content (AvgIpc) is 2.37. The van der Waals surface area contributed by atoms with E-state index in [9.17, 15) is 26.4 Å². The molecule has 0 aliphatic carbocycles. The van der Waals surface area contributed by atoms with Crippen LogP contribution in [0.25, 0.3) is 0 Å². The molecule has 1 rings (SSSR count). The van der Waals surface area contributed by atoms with Crippen LogP contribution in [0.5, 0.6) is 0 Å². The van der Waals surface area contributed by atoms with Gasteiger partial charge < -0.3 is 0 Å². The van der Waals surface area contributed by atoms with Crippen LogP contribution in [0.15, 0.2) is 29.2 Å². The summed E-state index contributed by atoms with van der Waals surface area (Å²) in [6, 6.07) is 5.20. The van der Waals surface area contributed by atoms with E-state index < -0.39 is 28.5 Å². The minimum Gasteiger partial charge on any atom is -0.267 e. The summed E-state index contributed by atoms with van der Waals surface area (Å²) in [4.78, 5) is 15.4. The second-order valence-electron chi connectivity index (χ2n) is 3.73. The van der Waals surface area contributed by atoms with Crippen molar-refractivity contribution in [2.24, 2.45) is 0 Å². The van der Waals surface area contributed by atoms with Gasteiger partial charge in [-0.05, 0) is 12.1 Å². The fourth-order valence-corrected chi connectivity index (χ4v) is 2.41. The van der Waals surface area contributed by atoms with E-state index in [1.54, 1.807) is 5.48 Å². The maximum atomic E-state index is 11.9. The molecule has 0 unspecified atom stereocenters. The van der Waals surface area contributed by atoms with Crippen molar-refractivity contribution in [3.63, 3.8) is 0 Å². The van der Waals surface area contributed by atoms with Crippen LogP contribution < -0.4 is 5.48 Å². The minimum absolute atomic E-state index is 0.235. The van der Waals surface area contributed by atoms with Crippen LogP contribution in [0, 0.1) is 0 Å². The van der Waals surface area contributed by atoms with Gasteiger partial charge in [0.05, 0.1) is 16.2 Å². The van der Waals surface area contributed by atoms with Gasteiger partial charge in [0.1, 0.15) is 0 Å². The Hall–Kier alpha value is -1.61. The molecule has 0 fully saturated rings. The second kappa shape index (κ2) is 6.23. The number of hydrogen-bond donors (Lipinski definition) is 1. The van der Waals surface area contributed by atoms with E-state index >= 15 is 0 Å². The predicted octanol–water partition coefficient (Wildman–Crippen LogP) is 1.70. The lowest BCUT2D eigenvalue weighted by Gasteiger charge is -2.11. The first-order chi connectivity index (χ1) is 9.17. The van der Waals surface area contributed by atoms with Gasteiger partial charge in [-0.15, -0.1) is 0 Å². The van der Waals surface area contributed by atoms with Crippen LogP contribution in [0.4, 0.5) is 13.2 Å². The summed E-state index contributed by atoms with van der Waals surface area (Å²) in [5, 5.41) is 0. The van der Waals surface area contributed by atoms with Crippen molar-refractivity contribution in [2.45, 2.75) is 18.0 Å². The first kappa shape index (κ1) is 16.4. The van der Waals surface area contributed by atoms with Crippen molar-refractivity contribution in [1.29, 1.82) is 0 Å². The third-order valence-electron chi connectivity index (χ3n) is 2.25. The molecule has 9 heteroatoms. The molecule has 0 aliphatic heterocycles. The third kappa shape index (κ3) is 4.49. The molecule has 0 aliphatic rings. The normalized spacial score (nSPS) is 12.2. The lowest BCUT2D eigenvalue weighted by molar-refractivity contribution is -0.184. The van der Waals surface area contributed by atoms with E-state index in [1.807, 2.05) is 0 Å². The molecule has 112 valence electrons. The molecule has 0 bridgehead atoms. The van der Waals surface area contributed by atoms with Gasteiger partial charge in [0.15, 0.2) is 16.4 Å². The lowest BCUT2D eigenvalue weighted by Crippen LogP contribution is -2.30. The topological polar surface area (TPSA) is 72.5 Å². The second-order valence-corrected chi connectivity index (χ2v) is 5.98. The fourth-order valence-electron chi connectivity index (χ4n) is 1.32. The summed E-state index contributed by atoms with van der Waals surface area (Å²) in [5.41, 5.74) is 1.30. The number of rotatable bonds is 5. The van der Waals surface area contributed by atoms with Gasteiger partial charge in [0.25, 0.3) is 5.91 Å². The van der Waals surface area contributed by atoms with Gasteiger partial charge in [-0.3, -0.25) is 9.63 Å². The molecule has 0 heterocycles. The molecule has 0 saturated heterocycles. The SMILES string of the molecule is CCS(=O)(=O)c1ccccc1C(=O)NOCC(F)(F)F. The number of sulfone groups is 1. The largest absolute Gasteiger partial charge is 0.414 e. The minimum atomic E-state index is -4.59. The Labute approximate surface area is 113 Å². The first-order valence-electron chi connectivity index (χ1n) is 5.48. The van der Waals surface area contributed by atoms with Gasteiger partial charge in [-0.2, -0.15) is 13.2 Å². The van der Waals surface area contributed by atoms with E-state index in [0.717, 1.165) is 0 Å². The lowest BCUT2D eigenvalue weighted by atomic mass is 10.2. The third-order valence-corrected chi connectivity index (χ3v) is 4.03. The van der Waals surface area contributed by atoms with E-state index in [0.29, 0.717) is 0 Å². The number of hydrogen-bond acceptors (Lipinski definition) is 4. The van der Waals surface area contributed by atoms with Gasteiger partial charge in [0.2, 0.25) is 0 Å². The Morgan fingerprint density at radius 2 is 1.90 bits per heavy atom. The van der Waals surface area contributed by atoms with Crippen LogP contribution in [-0.4, -0.2) is 32.9 Å². The molecular formula is C11H12F3NO4S. The Morgan fingerprint density at radius 3 is 2.45 bits per heavy atom. The Morgan fingerprint density at radius 1 is 1.30 bits per heavy atom. The summed E-state index contributed by atoms with van der Waals surface area (Å²) in [5.74, 6) is -1.29. The maximum Gasteiger partial charge on any atom is 0.414 e. The highest BCUT2D eigenvalue weighted by atomic mass is 32.2. The molecule has 0 spiro atoms. The number of benzene rings is 1. The Kier molecular flexibility index (Phi) is 5.12. The standard InChI is InChI=1S/C11H12F3NO4S/c1-2-20(17,18)9-6-4-3-5-8(9)10(16)15-19-7-11(12,13)14/h3-6H,2,7H2,1H3,(H,15,16). The molecule has 1 amide bonds. The van der Waals surface area contributed by atoms with Crippen LogP contribution in [0.1, 0.15) is 17.3 Å². The molecule has 20 heavy (non-hydrogen) atoms. The average molecular weight is 311 g/mol. The van der Waals surface area contributed by atoms with E-state index in [-0.39, 0.29) is 16.2 Å². The van der Waals surface area contributed by atoms with Crippen LogP contribution in [0.2, 0.25) is 0 Å². The number of carbonyl (C=O) groups excluding carboxylic acids is 1. The summed E-state index contributed by atoms with van der Waals surface area (Å²) < 4.78 is 59.1. The molecule has 0 saturated carbocycles. The van der Waals surface area contributed by atoms with Crippen molar-refractivity contribution in [1.82, 2.24) is 5.48 Å². The van der Waals surface area contributed by atoms with Crippen LogP contribution in [-0.2, 0) is 14.7 Å². The van der Waals surface area contributed by atoms with Crippen molar-refractivity contribution in [2.75, 3.05) is 12.4 Å². The number of alkyl halides is 3. The Balaban J connectivity index is 2.90. The number of hydroxylamine groups is 1. The smallest absolute Gasteiger partial charge is 0.267 e. The van der Waals surface area contributed by atoms with Crippen LogP contribution in [0.3, 0.4) is 0 Å². The van der Waals surface area contributed by atoms with Gasteiger partial charge in [-0.1, -0.05) is 19.1 Å². The van der Waals surface area contributed by atoms with Crippen molar-refractivity contribution in [3.05, 3.63) is 29.8 Å². The van der Waals surface area contributed by atoms with E-state index in [2.05, 4.69) is 4.84 Å². The molecule has 1 aromatic rings. The molecule has 1 aromatic carbocycles. The van der Waals surface area contributed by atoms with Crippen molar-refractivity contribution < 1.29 is 31.2 Å². The zero-order chi connectivity index (χ0) is 15.4. The number of amides is 1. The fraction of sp³-hybridized carbons (Fsp3) is 0.364. The number of nitrogens with one attached hydrogen (secondary N) is 1. The zero-order valence-electron chi connectivity index (χ0n) is 10.4. The van der Waals surface area contributed by atoms with Crippen LogP contribution >= 0.6 is 0 Å². The van der Waals surface area contributed by atoms with Gasteiger partial charge >= 0.3 is 6.18 Å². The summed E-state index contributed by atoms with van der Waals surface area (Å²) in [6.45, 7) is -0.272. The maximum absolute atomic E-state index is 11.9. The summed E-state index contributed by atoms with van der Waals surface area (Å²) >= 11 is 0. The molecule has 0 radical (unpaired) electrons. The van der Waals surface area contributed by atoms with Crippen molar-refractivity contribution >= 4 is 15.7 Å². The summed E-state index contributed by atoms with van der Waals surface area (Å²) in [7, 11) is -3.67. The number of halogens is 3. The predicted molar refractivity (Wildman–Crippen MR) is 63.6 cm³/mol. The monoisotopic (exact) mass is 311 g/mol. The highest BCUT2D eigenvalue weighted by molar-refractivity contribution is 7.91. The van der Waals surface area contributed by atoms with Gasteiger partial charge in [-0.25, -0.2) is 13.9 Å². The molecule has 5 nitrogen and oxygen atoms in total. The molecule has 0 aromatic heterocycles. The van der Waals surface area contributed by atoms with Gasteiger partial charge in [0, 0.05) is 0 Å². The number of carbonyl (C=O) groups is 1. The quantitative estimate of drug-likeness (QED) is 0.840. The highest BCUT2D eigenvalue weighted by Crippen LogP contribution is 2.17. The molecular weight excluding hydrogens is 299 g/mol. The molecule has 0 atom stereocenters. The van der Waals surface area contributed by atoms with Crippen molar-refractivity contribution in [3.8, 4) is 0 Å². The zero-order valence-corrected chi connectivity index (χ0v) is 11.2. The molecule has 1 N–H and O–H groups in total.